The zero-order chi connectivity index (χ0) is 14.7. The molecule has 1 aliphatic carbocycles. The number of rotatable bonds is 5. The normalized spacial score (nSPS) is 18.8. The van der Waals surface area contributed by atoms with Crippen molar-refractivity contribution in [3.8, 4) is 17.2 Å². The number of hydrogen-bond donors (Lipinski definition) is 3. The summed E-state index contributed by atoms with van der Waals surface area (Å²) in [5.74, 6) is 1.11. The predicted octanol–water partition coefficient (Wildman–Crippen LogP) is 1.96. The summed E-state index contributed by atoms with van der Waals surface area (Å²) in [6.45, 7) is 0. The average molecular weight is 281 g/mol. The maximum atomic E-state index is 10.4. The van der Waals surface area contributed by atoms with Crippen molar-refractivity contribution < 1.29 is 19.7 Å². The zero-order valence-electron chi connectivity index (χ0n) is 12.0. The Morgan fingerprint density at radius 1 is 1.20 bits per heavy atom. The van der Waals surface area contributed by atoms with Crippen LogP contribution in [0.5, 0.6) is 17.2 Å². The molecule has 1 saturated carbocycles. The summed E-state index contributed by atoms with van der Waals surface area (Å²) in [6, 6.07) is 2.48. The molecule has 2 rings (SSSR count). The van der Waals surface area contributed by atoms with E-state index >= 15 is 0 Å². The van der Waals surface area contributed by atoms with Crippen molar-refractivity contribution in [1.82, 2.24) is 0 Å². The summed E-state index contributed by atoms with van der Waals surface area (Å²) < 4.78 is 10.4. The zero-order valence-corrected chi connectivity index (χ0v) is 12.0. The van der Waals surface area contributed by atoms with Crippen LogP contribution in [0.3, 0.4) is 0 Å². The van der Waals surface area contributed by atoms with Gasteiger partial charge in [0.25, 0.3) is 0 Å². The van der Waals surface area contributed by atoms with Crippen LogP contribution in [0.25, 0.3) is 0 Å². The van der Waals surface area contributed by atoms with Crippen LogP contribution in [0.1, 0.15) is 37.3 Å². The molecule has 0 unspecified atom stereocenters. The largest absolute Gasteiger partial charge is 0.507 e. The number of benzene rings is 1. The van der Waals surface area contributed by atoms with Crippen molar-refractivity contribution in [3.63, 3.8) is 0 Å². The predicted molar refractivity (Wildman–Crippen MR) is 76.1 cm³/mol. The number of nitrogens with two attached hydrogens (primary N) is 1. The van der Waals surface area contributed by atoms with Crippen LogP contribution in [0.15, 0.2) is 12.1 Å². The Morgan fingerprint density at radius 2 is 1.85 bits per heavy atom. The maximum absolute atomic E-state index is 10.4. The van der Waals surface area contributed by atoms with Gasteiger partial charge in [0, 0.05) is 12.1 Å². The van der Waals surface area contributed by atoms with E-state index in [-0.39, 0.29) is 11.7 Å². The van der Waals surface area contributed by atoms with E-state index in [1.165, 1.54) is 20.3 Å². The van der Waals surface area contributed by atoms with Gasteiger partial charge >= 0.3 is 0 Å². The van der Waals surface area contributed by atoms with Crippen LogP contribution in [-0.4, -0.2) is 30.5 Å². The fourth-order valence-electron chi connectivity index (χ4n) is 2.97. The van der Waals surface area contributed by atoms with Gasteiger partial charge in [-0.2, -0.15) is 0 Å². The first-order chi connectivity index (χ1) is 9.58. The van der Waals surface area contributed by atoms with Crippen LogP contribution in [-0.2, 0) is 0 Å². The molecule has 4 N–H and O–H groups in total. The Hall–Kier alpha value is -1.46. The molecule has 1 aliphatic rings. The van der Waals surface area contributed by atoms with E-state index in [0.717, 1.165) is 25.7 Å². The maximum Gasteiger partial charge on any atom is 0.131 e. The summed E-state index contributed by atoms with van der Waals surface area (Å²) in [5, 5.41) is 20.6. The third-order valence-electron chi connectivity index (χ3n) is 4.13. The first-order valence-electron chi connectivity index (χ1n) is 6.97. The second-order valence-corrected chi connectivity index (χ2v) is 5.32. The molecule has 0 aromatic heterocycles. The lowest BCUT2D eigenvalue weighted by Gasteiger charge is -2.26. The van der Waals surface area contributed by atoms with Crippen molar-refractivity contribution in [2.45, 2.75) is 37.8 Å². The Labute approximate surface area is 119 Å². The molecule has 20 heavy (non-hydrogen) atoms. The fourth-order valence-corrected chi connectivity index (χ4v) is 2.97. The Kier molecular flexibility index (Phi) is 4.73. The molecule has 0 aliphatic heterocycles. The number of aliphatic hydroxyl groups is 1. The van der Waals surface area contributed by atoms with Gasteiger partial charge in [0.1, 0.15) is 17.2 Å². The van der Waals surface area contributed by atoms with Crippen LogP contribution in [0.4, 0.5) is 0 Å². The van der Waals surface area contributed by atoms with Gasteiger partial charge in [-0.1, -0.05) is 12.8 Å². The summed E-state index contributed by atoms with van der Waals surface area (Å²) >= 11 is 0. The van der Waals surface area contributed by atoms with Crippen molar-refractivity contribution in [2.24, 2.45) is 11.7 Å². The third-order valence-corrected chi connectivity index (χ3v) is 4.13. The highest BCUT2D eigenvalue weighted by Gasteiger charge is 2.32. The van der Waals surface area contributed by atoms with E-state index in [4.69, 9.17) is 15.2 Å². The standard InChI is InChI=1S/C15H23NO4/c1-19-10-7-11(17)13(12(8-10)20-2)14(16)15(18)9-5-3-4-6-9/h7-9,14-15,17-18H,3-6,16H2,1-2H3/t14-,15+/m0/s1. The Balaban J connectivity index is 2.30. The monoisotopic (exact) mass is 281 g/mol. The van der Waals surface area contributed by atoms with Crippen molar-refractivity contribution >= 4 is 0 Å². The van der Waals surface area contributed by atoms with E-state index in [1.807, 2.05) is 0 Å². The number of phenols is 1. The highest BCUT2D eigenvalue weighted by Crippen LogP contribution is 2.41. The van der Waals surface area contributed by atoms with Crippen LogP contribution in [0, 0.1) is 5.92 Å². The third kappa shape index (κ3) is 2.83. The van der Waals surface area contributed by atoms with Gasteiger partial charge in [-0.25, -0.2) is 0 Å². The van der Waals surface area contributed by atoms with Crippen molar-refractivity contribution in [2.75, 3.05) is 14.2 Å². The lowest BCUT2D eigenvalue weighted by molar-refractivity contribution is 0.0826. The first kappa shape index (κ1) is 14.9. The molecule has 5 nitrogen and oxygen atoms in total. The first-order valence-corrected chi connectivity index (χ1v) is 6.97. The highest BCUT2D eigenvalue weighted by molar-refractivity contribution is 5.51. The van der Waals surface area contributed by atoms with Gasteiger partial charge in [0.2, 0.25) is 0 Å². The number of aromatic hydroxyl groups is 1. The van der Waals surface area contributed by atoms with E-state index < -0.39 is 12.1 Å². The van der Waals surface area contributed by atoms with Gasteiger partial charge in [0.05, 0.1) is 31.9 Å². The number of phenolic OH excluding ortho intramolecular Hbond substituents is 1. The molecular formula is C15H23NO4. The van der Waals surface area contributed by atoms with Gasteiger partial charge in [0.15, 0.2) is 0 Å². The lowest BCUT2D eigenvalue weighted by Crippen LogP contribution is -2.32. The molecule has 0 saturated heterocycles. The summed E-state index contributed by atoms with van der Waals surface area (Å²) in [6.07, 6.45) is 3.54. The molecule has 5 heteroatoms. The smallest absolute Gasteiger partial charge is 0.131 e. The highest BCUT2D eigenvalue weighted by atomic mass is 16.5. The van der Waals surface area contributed by atoms with Crippen molar-refractivity contribution in [3.05, 3.63) is 17.7 Å². The average Bonchev–Trinajstić information content (AvgIpc) is 2.98. The van der Waals surface area contributed by atoms with Gasteiger partial charge in [-0.15, -0.1) is 0 Å². The Bertz CT molecular complexity index is 457. The molecule has 0 amide bonds. The van der Waals surface area contributed by atoms with Gasteiger partial charge in [-0.05, 0) is 18.8 Å². The molecule has 1 aromatic carbocycles. The second kappa shape index (κ2) is 6.33. The minimum absolute atomic E-state index is 0.00857. The molecule has 0 spiro atoms. The van der Waals surface area contributed by atoms with E-state index in [0.29, 0.717) is 17.1 Å². The number of methoxy groups -OCH3 is 2. The van der Waals surface area contributed by atoms with E-state index in [2.05, 4.69) is 0 Å². The van der Waals surface area contributed by atoms with Gasteiger partial charge < -0.3 is 25.4 Å². The summed E-state index contributed by atoms with van der Waals surface area (Å²) in [5.41, 5.74) is 6.59. The van der Waals surface area contributed by atoms with Crippen molar-refractivity contribution in [1.29, 1.82) is 0 Å². The number of hydrogen-bond acceptors (Lipinski definition) is 5. The minimum Gasteiger partial charge on any atom is -0.507 e. The fraction of sp³-hybridized carbons (Fsp3) is 0.600. The lowest BCUT2D eigenvalue weighted by atomic mass is 9.90. The summed E-state index contributed by atoms with van der Waals surface area (Å²) in [4.78, 5) is 0. The molecule has 0 bridgehead atoms. The van der Waals surface area contributed by atoms with E-state index in [9.17, 15) is 10.2 Å². The molecule has 0 radical (unpaired) electrons. The quantitative estimate of drug-likeness (QED) is 0.768. The molecule has 1 fully saturated rings. The molecule has 112 valence electrons. The molecule has 2 atom stereocenters. The molecule has 0 heterocycles. The number of aliphatic hydroxyl groups excluding tert-OH is 1. The minimum atomic E-state index is -0.675. The van der Waals surface area contributed by atoms with Crippen LogP contribution < -0.4 is 15.2 Å². The molecular weight excluding hydrogens is 258 g/mol. The number of ether oxygens (including phenoxy) is 2. The molecule has 1 aromatic rings. The Morgan fingerprint density at radius 3 is 2.40 bits per heavy atom. The van der Waals surface area contributed by atoms with E-state index in [1.54, 1.807) is 6.07 Å². The topological polar surface area (TPSA) is 84.9 Å². The summed E-state index contributed by atoms with van der Waals surface area (Å²) in [7, 11) is 3.02. The SMILES string of the molecule is COc1cc(O)c([C@H](N)[C@H](O)C2CCCC2)c(OC)c1. The van der Waals surface area contributed by atoms with Gasteiger partial charge in [-0.3, -0.25) is 0 Å². The van der Waals surface area contributed by atoms with Crippen LogP contribution >= 0.6 is 0 Å². The second-order valence-electron chi connectivity index (χ2n) is 5.32. The van der Waals surface area contributed by atoms with Crippen LogP contribution in [0.2, 0.25) is 0 Å².